The topological polar surface area (TPSA) is 75.9 Å². The fourth-order valence-electron chi connectivity index (χ4n) is 6.21. The molecule has 11 heteroatoms. The van der Waals surface area contributed by atoms with E-state index in [0.29, 0.717) is 62.9 Å². The first-order valence-electron chi connectivity index (χ1n) is 14.1. The SMILES string of the molecule is NC(=O)C1CCCN1C(=O)c1ccc(-c2ccc(OCC3CCN(CC4(C(F)(F)F)CCC4)CC3)c(F)c2)cc1F. The zero-order valence-corrected chi connectivity index (χ0v) is 22.7. The molecule has 41 heavy (non-hydrogen) atoms. The van der Waals surface area contributed by atoms with E-state index in [1.165, 1.54) is 29.2 Å². The first-order chi connectivity index (χ1) is 19.5. The van der Waals surface area contributed by atoms with Gasteiger partial charge in [0.25, 0.3) is 5.91 Å². The molecule has 3 fully saturated rings. The van der Waals surface area contributed by atoms with Gasteiger partial charge in [0.15, 0.2) is 11.6 Å². The van der Waals surface area contributed by atoms with Crippen LogP contribution in [0, 0.1) is 23.0 Å². The molecule has 2 aromatic rings. The van der Waals surface area contributed by atoms with Crippen molar-refractivity contribution in [3.63, 3.8) is 0 Å². The van der Waals surface area contributed by atoms with Crippen LogP contribution >= 0.6 is 0 Å². The minimum Gasteiger partial charge on any atom is -0.490 e. The number of benzene rings is 2. The average Bonchev–Trinajstić information content (AvgIpc) is 3.40. The number of rotatable bonds is 8. The number of primary amides is 1. The van der Waals surface area contributed by atoms with Gasteiger partial charge in [0.1, 0.15) is 11.9 Å². The van der Waals surface area contributed by atoms with Crippen molar-refractivity contribution in [2.75, 3.05) is 32.8 Å². The molecule has 1 unspecified atom stereocenters. The Bertz CT molecular complexity index is 1290. The second kappa shape index (κ2) is 11.6. The van der Waals surface area contributed by atoms with E-state index in [0.717, 1.165) is 6.07 Å². The van der Waals surface area contributed by atoms with Gasteiger partial charge in [0.05, 0.1) is 17.6 Å². The summed E-state index contributed by atoms with van der Waals surface area (Å²) < 4.78 is 76.1. The molecule has 1 aliphatic carbocycles. The normalized spacial score (nSPS) is 21.5. The fourth-order valence-corrected chi connectivity index (χ4v) is 6.21. The van der Waals surface area contributed by atoms with Gasteiger partial charge in [-0.2, -0.15) is 13.2 Å². The standard InChI is InChI=1S/C30H34F5N3O3/c31-23-15-20(4-6-22(23)28(40)38-12-1-3-25(38)27(36)39)21-5-7-26(24(32)16-21)41-17-19-8-13-37(14-9-19)18-29(10-2-11-29)30(33,34)35/h4-7,15-16,19,25H,1-3,8-14,17-18H2,(H2,36,39). The third-order valence-electron chi connectivity index (χ3n) is 8.93. The Labute approximate surface area is 235 Å². The molecule has 2 aliphatic heterocycles. The molecule has 2 saturated heterocycles. The van der Waals surface area contributed by atoms with E-state index in [2.05, 4.69) is 0 Å². The van der Waals surface area contributed by atoms with E-state index >= 15 is 0 Å². The number of nitrogens with two attached hydrogens (primary N) is 1. The van der Waals surface area contributed by atoms with Crippen molar-refractivity contribution in [1.82, 2.24) is 9.80 Å². The summed E-state index contributed by atoms with van der Waals surface area (Å²) in [6.45, 7) is 1.72. The van der Waals surface area contributed by atoms with Crippen LogP contribution in [0.3, 0.4) is 0 Å². The number of carbonyl (C=O) groups excluding carboxylic acids is 2. The number of likely N-dealkylation sites (tertiary alicyclic amines) is 2. The maximum atomic E-state index is 14.9. The number of hydrogen-bond donors (Lipinski definition) is 1. The van der Waals surface area contributed by atoms with E-state index in [1.807, 2.05) is 4.90 Å². The Morgan fingerprint density at radius 2 is 1.59 bits per heavy atom. The Balaban J connectivity index is 1.15. The van der Waals surface area contributed by atoms with Crippen LogP contribution in [0.4, 0.5) is 22.0 Å². The highest BCUT2D eigenvalue weighted by molar-refractivity contribution is 5.98. The van der Waals surface area contributed by atoms with Crippen molar-refractivity contribution >= 4 is 11.8 Å². The van der Waals surface area contributed by atoms with Gasteiger partial charge in [-0.15, -0.1) is 0 Å². The molecule has 1 atom stereocenters. The van der Waals surface area contributed by atoms with E-state index < -0.39 is 41.1 Å². The Morgan fingerprint density at radius 3 is 2.15 bits per heavy atom. The molecule has 2 N–H and O–H groups in total. The number of ether oxygens (including phenoxy) is 1. The summed E-state index contributed by atoms with van der Waals surface area (Å²) >= 11 is 0. The molecule has 2 amide bonds. The number of carbonyl (C=O) groups is 2. The van der Waals surface area contributed by atoms with Crippen molar-refractivity contribution in [3.8, 4) is 16.9 Å². The highest BCUT2D eigenvalue weighted by atomic mass is 19.4. The summed E-state index contributed by atoms with van der Waals surface area (Å²) in [5.41, 5.74) is 4.38. The van der Waals surface area contributed by atoms with Crippen LogP contribution in [0.25, 0.3) is 11.1 Å². The highest BCUT2D eigenvalue weighted by Gasteiger charge is 2.58. The molecule has 5 rings (SSSR count). The van der Waals surface area contributed by atoms with Gasteiger partial charge < -0.3 is 20.3 Å². The molecule has 0 aromatic heterocycles. The van der Waals surface area contributed by atoms with Crippen LogP contribution in [-0.2, 0) is 4.79 Å². The molecular weight excluding hydrogens is 545 g/mol. The summed E-state index contributed by atoms with van der Waals surface area (Å²) in [5, 5.41) is 0. The van der Waals surface area contributed by atoms with Crippen LogP contribution in [0.2, 0.25) is 0 Å². The molecule has 0 bridgehead atoms. The number of alkyl halides is 3. The summed E-state index contributed by atoms with van der Waals surface area (Å²) in [7, 11) is 0. The monoisotopic (exact) mass is 579 g/mol. The first-order valence-corrected chi connectivity index (χ1v) is 14.1. The summed E-state index contributed by atoms with van der Waals surface area (Å²) in [6, 6.07) is 7.51. The number of amides is 2. The van der Waals surface area contributed by atoms with Crippen LogP contribution < -0.4 is 10.5 Å². The molecule has 2 heterocycles. The molecule has 2 aromatic carbocycles. The van der Waals surface area contributed by atoms with Crippen molar-refractivity contribution in [2.24, 2.45) is 17.1 Å². The number of nitrogens with zero attached hydrogens (tertiary/aromatic N) is 2. The second-order valence-corrected chi connectivity index (χ2v) is 11.6. The summed E-state index contributed by atoms with van der Waals surface area (Å²) in [5.74, 6) is -2.50. The lowest BCUT2D eigenvalue weighted by atomic mass is 9.67. The zero-order chi connectivity index (χ0) is 29.4. The lowest BCUT2D eigenvalue weighted by Crippen LogP contribution is -2.53. The lowest BCUT2D eigenvalue weighted by molar-refractivity contribution is -0.256. The third-order valence-corrected chi connectivity index (χ3v) is 8.93. The number of hydrogen-bond acceptors (Lipinski definition) is 4. The van der Waals surface area contributed by atoms with E-state index in [-0.39, 0.29) is 43.2 Å². The van der Waals surface area contributed by atoms with Crippen LogP contribution in [0.15, 0.2) is 36.4 Å². The molecule has 3 aliphatic rings. The molecular formula is C30H34F5N3O3. The van der Waals surface area contributed by atoms with Gasteiger partial charge in [0.2, 0.25) is 5.91 Å². The number of piperidine rings is 1. The van der Waals surface area contributed by atoms with Gasteiger partial charge in [-0.25, -0.2) is 8.78 Å². The zero-order valence-electron chi connectivity index (χ0n) is 22.7. The lowest BCUT2D eigenvalue weighted by Gasteiger charge is -2.47. The van der Waals surface area contributed by atoms with Crippen LogP contribution in [0.1, 0.15) is 55.3 Å². The Kier molecular flexibility index (Phi) is 8.27. The van der Waals surface area contributed by atoms with Gasteiger partial charge in [-0.3, -0.25) is 9.59 Å². The smallest absolute Gasteiger partial charge is 0.395 e. The van der Waals surface area contributed by atoms with Crippen LogP contribution in [0.5, 0.6) is 5.75 Å². The van der Waals surface area contributed by atoms with Crippen molar-refractivity contribution in [2.45, 2.75) is 57.2 Å². The minimum absolute atomic E-state index is 0.0421. The predicted octanol–water partition coefficient (Wildman–Crippen LogP) is 5.55. The molecule has 222 valence electrons. The summed E-state index contributed by atoms with van der Waals surface area (Å²) in [4.78, 5) is 27.6. The van der Waals surface area contributed by atoms with Crippen molar-refractivity contribution in [1.29, 1.82) is 0 Å². The largest absolute Gasteiger partial charge is 0.490 e. The molecule has 1 saturated carbocycles. The van der Waals surface area contributed by atoms with Crippen LogP contribution in [-0.4, -0.2) is 66.6 Å². The highest BCUT2D eigenvalue weighted by Crippen LogP contribution is 2.53. The summed E-state index contributed by atoms with van der Waals surface area (Å²) in [6.07, 6.45) is -0.773. The Morgan fingerprint density at radius 1 is 0.927 bits per heavy atom. The minimum atomic E-state index is -4.18. The molecule has 0 radical (unpaired) electrons. The van der Waals surface area contributed by atoms with E-state index in [1.54, 1.807) is 6.07 Å². The van der Waals surface area contributed by atoms with Crippen molar-refractivity contribution < 1.29 is 36.3 Å². The number of halogens is 5. The van der Waals surface area contributed by atoms with E-state index in [9.17, 15) is 31.5 Å². The maximum absolute atomic E-state index is 14.9. The van der Waals surface area contributed by atoms with Gasteiger partial charge in [-0.1, -0.05) is 18.6 Å². The van der Waals surface area contributed by atoms with Gasteiger partial charge in [-0.05, 0) is 92.9 Å². The molecule has 0 spiro atoms. The molecule has 6 nitrogen and oxygen atoms in total. The quantitative estimate of drug-likeness (QED) is 0.417. The predicted molar refractivity (Wildman–Crippen MR) is 142 cm³/mol. The second-order valence-electron chi connectivity index (χ2n) is 11.6. The fraction of sp³-hybridized carbons (Fsp3) is 0.533. The van der Waals surface area contributed by atoms with Crippen molar-refractivity contribution in [3.05, 3.63) is 53.6 Å². The Hall–Kier alpha value is -3.21. The van der Waals surface area contributed by atoms with Gasteiger partial charge >= 0.3 is 6.18 Å². The average molecular weight is 580 g/mol. The maximum Gasteiger partial charge on any atom is 0.395 e. The third kappa shape index (κ3) is 6.05. The first kappa shape index (κ1) is 29.3. The van der Waals surface area contributed by atoms with Gasteiger partial charge in [0, 0.05) is 13.1 Å². The van der Waals surface area contributed by atoms with E-state index in [4.69, 9.17) is 10.5 Å².